The van der Waals surface area contributed by atoms with Gasteiger partial charge < -0.3 is 14.6 Å². The topological polar surface area (TPSA) is 118 Å². The molecule has 0 saturated carbocycles. The fraction of sp³-hybridized carbons (Fsp3) is 0.382. The van der Waals surface area contributed by atoms with E-state index in [2.05, 4.69) is 34.5 Å². The average Bonchev–Trinajstić information content (AvgIpc) is 3.71. The lowest BCUT2D eigenvalue weighted by Gasteiger charge is -2.30. The highest BCUT2D eigenvalue weighted by molar-refractivity contribution is 6.71. The van der Waals surface area contributed by atoms with Gasteiger partial charge in [-0.1, -0.05) is 66.7 Å². The van der Waals surface area contributed by atoms with Crippen molar-refractivity contribution in [1.82, 2.24) is 24.8 Å². The van der Waals surface area contributed by atoms with Gasteiger partial charge in [-0.05, 0) is 73.7 Å². The first kappa shape index (κ1) is 30.2. The molecule has 1 aliphatic rings. The van der Waals surface area contributed by atoms with Gasteiger partial charge in [0.25, 0.3) is 5.56 Å². The maximum absolute atomic E-state index is 13.0. The van der Waals surface area contributed by atoms with Gasteiger partial charge in [-0.2, -0.15) is 0 Å². The molecule has 44 heavy (non-hydrogen) atoms. The molecule has 0 bridgehead atoms. The summed E-state index contributed by atoms with van der Waals surface area (Å²) in [6, 6.07) is 25.5. The first-order valence-corrected chi connectivity index (χ1v) is 18.5. The molecule has 1 saturated heterocycles. The molecular weight excluding hydrogens is 570 g/mol. The van der Waals surface area contributed by atoms with Crippen molar-refractivity contribution in [2.24, 2.45) is 5.92 Å². The van der Waals surface area contributed by atoms with Crippen molar-refractivity contribution >= 4 is 19.2 Å². The third-order valence-electron chi connectivity index (χ3n) is 9.14. The number of aromatic amines is 1. The molecule has 0 spiro atoms. The van der Waals surface area contributed by atoms with E-state index in [1.54, 1.807) is 4.68 Å². The predicted molar refractivity (Wildman–Crippen MR) is 174 cm³/mol. The van der Waals surface area contributed by atoms with Gasteiger partial charge in [-0.3, -0.25) is 14.6 Å². The number of aryl methyl sites for hydroxylation is 2. The van der Waals surface area contributed by atoms with Crippen LogP contribution in [0.5, 0.6) is 0 Å². The smallest absolute Gasteiger partial charge is 0.279 e. The number of benzene rings is 3. The molecule has 0 aliphatic carbocycles. The van der Waals surface area contributed by atoms with Crippen molar-refractivity contribution in [3.8, 4) is 5.69 Å². The van der Waals surface area contributed by atoms with E-state index in [1.165, 1.54) is 0 Å². The number of ether oxygens (including phenoxy) is 1. The number of hydrogen-bond acceptors (Lipinski definition) is 6. The highest BCUT2D eigenvalue weighted by Gasteiger charge is 2.49. The molecule has 5 aromatic rings. The van der Waals surface area contributed by atoms with Crippen LogP contribution in [0.2, 0.25) is 18.6 Å². The molecule has 10 heteroatoms. The van der Waals surface area contributed by atoms with Gasteiger partial charge in [0.05, 0.1) is 47.0 Å². The van der Waals surface area contributed by atoms with Gasteiger partial charge in [0.2, 0.25) is 0 Å². The number of aromatic nitrogens is 5. The number of para-hydroxylation sites is 1. The SMILES string of the molecule is C[C@H]1[C@H]([Si](C)(C)O)[C@@H](CCn2cc(C(CO)c3ccccc3)nn2)O[C@H]1CCc1cccc(-n2[nH]c3ccccc3c2=O)c1. The Labute approximate surface area is 258 Å². The zero-order valence-corrected chi connectivity index (χ0v) is 26.5. The molecule has 0 radical (unpaired) electrons. The lowest BCUT2D eigenvalue weighted by atomic mass is 9.95. The van der Waals surface area contributed by atoms with Crippen LogP contribution in [-0.4, -0.2) is 61.8 Å². The number of hydrogen-bond donors (Lipinski definition) is 3. The number of nitrogens with one attached hydrogen (secondary N) is 1. The molecule has 9 nitrogen and oxygen atoms in total. The number of rotatable bonds is 11. The van der Waals surface area contributed by atoms with Crippen molar-refractivity contribution in [2.45, 2.75) is 69.5 Å². The van der Waals surface area contributed by atoms with E-state index in [0.717, 1.165) is 47.3 Å². The Bertz CT molecular complexity index is 1760. The minimum absolute atomic E-state index is 0.0199. The second-order valence-electron chi connectivity index (χ2n) is 12.6. The highest BCUT2D eigenvalue weighted by atomic mass is 28.4. The van der Waals surface area contributed by atoms with Gasteiger partial charge in [0.1, 0.15) is 0 Å². The highest BCUT2D eigenvalue weighted by Crippen LogP contribution is 2.45. The van der Waals surface area contributed by atoms with Gasteiger partial charge in [-0.15, -0.1) is 5.10 Å². The van der Waals surface area contributed by atoms with E-state index in [4.69, 9.17) is 4.74 Å². The third-order valence-corrected chi connectivity index (χ3v) is 11.7. The largest absolute Gasteiger partial charge is 0.432 e. The third kappa shape index (κ3) is 6.21. The maximum atomic E-state index is 13.0. The Morgan fingerprint density at radius 1 is 1.00 bits per heavy atom. The molecule has 3 aromatic carbocycles. The summed E-state index contributed by atoms with van der Waals surface area (Å²) in [6.45, 7) is 6.80. The van der Waals surface area contributed by atoms with Crippen molar-refractivity contribution in [3.05, 3.63) is 112 Å². The minimum atomic E-state index is -2.52. The number of H-pyrrole nitrogens is 1. The molecule has 230 valence electrons. The summed E-state index contributed by atoms with van der Waals surface area (Å²) >= 11 is 0. The van der Waals surface area contributed by atoms with E-state index in [-0.39, 0.29) is 41.8 Å². The van der Waals surface area contributed by atoms with Crippen LogP contribution in [0.3, 0.4) is 0 Å². The molecule has 6 rings (SSSR count). The van der Waals surface area contributed by atoms with Crippen LogP contribution >= 0.6 is 0 Å². The summed E-state index contributed by atoms with van der Waals surface area (Å²) in [4.78, 5) is 24.3. The predicted octanol–water partition coefficient (Wildman–Crippen LogP) is 5.03. The Morgan fingerprint density at radius 3 is 2.52 bits per heavy atom. The van der Waals surface area contributed by atoms with Crippen LogP contribution in [0.4, 0.5) is 0 Å². The summed E-state index contributed by atoms with van der Waals surface area (Å²) in [7, 11) is -2.52. The second-order valence-corrected chi connectivity index (χ2v) is 16.6. The van der Waals surface area contributed by atoms with Crippen LogP contribution in [0.15, 0.2) is 89.9 Å². The van der Waals surface area contributed by atoms with E-state index in [0.29, 0.717) is 11.9 Å². The first-order chi connectivity index (χ1) is 21.2. The zero-order chi connectivity index (χ0) is 30.8. The van der Waals surface area contributed by atoms with E-state index in [1.807, 2.05) is 90.7 Å². The first-order valence-electron chi connectivity index (χ1n) is 15.5. The molecule has 3 heterocycles. The molecular formula is C34H41N5O4Si. The zero-order valence-electron chi connectivity index (χ0n) is 25.5. The normalized spacial score (nSPS) is 21.2. The monoisotopic (exact) mass is 611 g/mol. The molecule has 0 amide bonds. The molecule has 2 aromatic heterocycles. The Morgan fingerprint density at radius 2 is 1.77 bits per heavy atom. The average molecular weight is 612 g/mol. The lowest BCUT2D eigenvalue weighted by molar-refractivity contribution is 0.0245. The summed E-state index contributed by atoms with van der Waals surface area (Å²) < 4.78 is 10.1. The van der Waals surface area contributed by atoms with Crippen LogP contribution in [-0.2, 0) is 17.7 Å². The summed E-state index contributed by atoms with van der Waals surface area (Å²) in [5, 5.41) is 22.6. The number of fused-ring (bicyclic) bond motifs is 1. The molecule has 3 N–H and O–H groups in total. The summed E-state index contributed by atoms with van der Waals surface area (Å²) in [6.07, 6.45) is 4.20. The quantitative estimate of drug-likeness (QED) is 0.180. The van der Waals surface area contributed by atoms with E-state index >= 15 is 0 Å². The van der Waals surface area contributed by atoms with Gasteiger partial charge in [0, 0.05) is 18.3 Å². The lowest BCUT2D eigenvalue weighted by Crippen LogP contribution is -2.40. The second kappa shape index (κ2) is 12.6. The molecule has 1 aliphatic heterocycles. The molecule has 5 atom stereocenters. The number of aliphatic hydroxyl groups excluding tert-OH is 1. The Hall–Kier alpha value is -3.83. The maximum Gasteiger partial charge on any atom is 0.279 e. The van der Waals surface area contributed by atoms with E-state index < -0.39 is 8.32 Å². The number of nitrogens with zero attached hydrogens (tertiary/aromatic N) is 4. The van der Waals surface area contributed by atoms with Crippen LogP contribution in [0.1, 0.15) is 42.5 Å². The fourth-order valence-electron chi connectivity index (χ4n) is 6.98. The standard InChI is InChI=1S/C34H41N5O4Si/c1-23-31(17-16-24-10-9-13-26(20-24)39-34(41)27-14-7-8-15-29(27)36-39)43-32(33(23)44(2,3)42)18-19-38-21-30(35-37-38)28(22-40)25-11-5-4-6-12-25/h4-15,20-21,23,28,31-33,36,40,42H,16-19,22H2,1-3H3/t23-,28?,31+,32-,33+/m1/s1. The van der Waals surface area contributed by atoms with Crippen molar-refractivity contribution in [3.63, 3.8) is 0 Å². The van der Waals surface area contributed by atoms with Gasteiger partial charge in [-0.25, -0.2) is 4.68 Å². The van der Waals surface area contributed by atoms with Crippen LogP contribution < -0.4 is 5.56 Å². The van der Waals surface area contributed by atoms with Gasteiger partial charge >= 0.3 is 0 Å². The Kier molecular flexibility index (Phi) is 8.68. The summed E-state index contributed by atoms with van der Waals surface area (Å²) in [5.41, 5.74) is 4.55. The minimum Gasteiger partial charge on any atom is -0.432 e. The van der Waals surface area contributed by atoms with Crippen molar-refractivity contribution in [1.29, 1.82) is 0 Å². The fourth-order valence-corrected chi connectivity index (χ4v) is 9.63. The molecule has 1 fully saturated rings. The number of aliphatic hydroxyl groups is 1. The van der Waals surface area contributed by atoms with Crippen LogP contribution in [0, 0.1) is 5.92 Å². The van der Waals surface area contributed by atoms with Crippen molar-refractivity contribution < 1.29 is 14.6 Å². The van der Waals surface area contributed by atoms with Gasteiger partial charge in [0.15, 0.2) is 8.32 Å². The van der Waals surface area contributed by atoms with Crippen molar-refractivity contribution in [2.75, 3.05) is 6.61 Å². The Balaban J connectivity index is 1.12. The molecule has 1 unspecified atom stereocenters. The van der Waals surface area contributed by atoms with Crippen LogP contribution in [0.25, 0.3) is 16.6 Å². The van der Waals surface area contributed by atoms with E-state index in [9.17, 15) is 14.7 Å². The summed E-state index contributed by atoms with van der Waals surface area (Å²) in [5.74, 6) is -0.00357.